The average Bonchev–Trinajstić information content (AvgIpc) is 2.98. The van der Waals surface area contributed by atoms with Crippen molar-refractivity contribution in [1.82, 2.24) is 19.7 Å². The van der Waals surface area contributed by atoms with Gasteiger partial charge in [0.2, 0.25) is 0 Å². The molecule has 1 N–H and O–H groups in total. The van der Waals surface area contributed by atoms with Crippen molar-refractivity contribution in [2.45, 2.75) is 39.7 Å². The van der Waals surface area contributed by atoms with E-state index in [1.54, 1.807) is 30.7 Å². The molecule has 24 heavy (non-hydrogen) atoms. The summed E-state index contributed by atoms with van der Waals surface area (Å²) in [6, 6.07) is 5.55. The minimum atomic E-state index is -0.168. The van der Waals surface area contributed by atoms with Gasteiger partial charge in [-0.05, 0) is 38.0 Å². The van der Waals surface area contributed by atoms with Crippen LogP contribution in [0.3, 0.4) is 0 Å². The Hall–Kier alpha value is -2.76. The highest BCUT2D eigenvalue weighted by Crippen LogP contribution is 2.25. The fraction of sp³-hybridized carbons (Fsp3) is 0.333. The molecule has 124 valence electrons. The second kappa shape index (κ2) is 6.39. The first-order valence-corrected chi connectivity index (χ1v) is 8.07. The van der Waals surface area contributed by atoms with Crippen molar-refractivity contribution < 1.29 is 4.79 Å². The van der Waals surface area contributed by atoms with Crippen LogP contribution < -0.4 is 5.32 Å². The maximum Gasteiger partial charge on any atom is 0.256 e. The quantitative estimate of drug-likeness (QED) is 0.793. The molecule has 0 unspecified atom stereocenters. The molecule has 3 aromatic rings. The number of anilines is 1. The molecular weight excluding hydrogens is 302 g/mol. The Labute approximate surface area is 140 Å². The van der Waals surface area contributed by atoms with E-state index in [-0.39, 0.29) is 17.9 Å². The van der Waals surface area contributed by atoms with Crippen LogP contribution in [0.1, 0.15) is 55.7 Å². The van der Waals surface area contributed by atoms with Gasteiger partial charge in [-0.2, -0.15) is 5.10 Å². The third-order valence-electron chi connectivity index (χ3n) is 3.85. The van der Waals surface area contributed by atoms with Crippen LogP contribution in [-0.4, -0.2) is 25.7 Å². The van der Waals surface area contributed by atoms with E-state index in [0.29, 0.717) is 11.3 Å². The monoisotopic (exact) mass is 323 g/mol. The van der Waals surface area contributed by atoms with Gasteiger partial charge < -0.3 is 5.32 Å². The molecule has 3 rings (SSSR count). The van der Waals surface area contributed by atoms with Gasteiger partial charge in [0, 0.05) is 29.8 Å². The second-order valence-electron chi connectivity index (χ2n) is 6.36. The van der Waals surface area contributed by atoms with Crippen LogP contribution in [0, 0.1) is 0 Å². The second-order valence-corrected chi connectivity index (χ2v) is 6.36. The highest BCUT2D eigenvalue weighted by molar-refractivity contribution is 6.12. The Morgan fingerprint density at radius 1 is 1.17 bits per heavy atom. The third kappa shape index (κ3) is 2.99. The molecule has 0 aromatic carbocycles. The summed E-state index contributed by atoms with van der Waals surface area (Å²) in [5.41, 5.74) is 2.93. The summed E-state index contributed by atoms with van der Waals surface area (Å²) < 4.78 is 1.85. The van der Waals surface area contributed by atoms with Crippen molar-refractivity contribution in [3.05, 3.63) is 48.0 Å². The van der Waals surface area contributed by atoms with E-state index in [1.807, 2.05) is 24.6 Å². The summed E-state index contributed by atoms with van der Waals surface area (Å²) in [4.78, 5) is 21.5. The number of rotatable bonds is 4. The lowest BCUT2D eigenvalue weighted by Gasteiger charge is -2.12. The topological polar surface area (TPSA) is 72.7 Å². The molecule has 0 saturated carbocycles. The maximum atomic E-state index is 12.8. The van der Waals surface area contributed by atoms with E-state index in [9.17, 15) is 4.79 Å². The lowest BCUT2D eigenvalue weighted by Crippen LogP contribution is -2.14. The van der Waals surface area contributed by atoms with Crippen LogP contribution in [0.4, 0.5) is 5.69 Å². The first kappa shape index (κ1) is 16.1. The number of nitrogens with one attached hydrogen (secondary N) is 1. The Morgan fingerprint density at radius 3 is 2.50 bits per heavy atom. The average molecular weight is 323 g/mol. The van der Waals surface area contributed by atoms with Crippen molar-refractivity contribution in [1.29, 1.82) is 0 Å². The Balaban J connectivity index is 2.10. The van der Waals surface area contributed by atoms with E-state index in [0.717, 1.165) is 16.7 Å². The van der Waals surface area contributed by atoms with Crippen LogP contribution in [0.5, 0.6) is 0 Å². The number of carbonyl (C=O) groups excluding carboxylic acids is 1. The number of nitrogens with zero attached hydrogens (tertiary/aromatic N) is 4. The minimum Gasteiger partial charge on any atom is -0.322 e. The van der Waals surface area contributed by atoms with Crippen LogP contribution in [0.15, 0.2) is 36.8 Å². The van der Waals surface area contributed by atoms with E-state index >= 15 is 0 Å². The third-order valence-corrected chi connectivity index (χ3v) is 3.85. The number of fused-ring (bicyclic) bond motifs is 1. The Morgan fingerprint density at radius 2 is 1.88 bits per heavy atom. The van der Waals surface area contributed by atoms with Crippen LogP contribution in [0.25, 0.3) is 11.0 Å². The van der Waals surface area contributed by atoms with E-state index in [4.69, 9.17) is 4.98 Å². The minimum absolute atomic E-state index is 0.168. The number of carbonyl (C=O) groups is 1. The Kier molecular flexibility index (Phi) is 4.29. The van der Waals surface area contributed by atoms with Gasteiger partial charge in [-0.15, -0.1) is 0 Å². The smallest absolute Gasteiger partial charge is 0.256 e. The first-order valence-electron chi connectivity index (χ1n) is 8.07. The Bertz CT molecular complexity index is 868. The van der Waals surface area contributed by atoms with Crippen molar-refractivity contribution >= 4 is 22.6 Å². The molecule has 6 heteroatoms. The zero-order chi connectivity index (χ0) is 17.3. The van der Waals surface area contributed by atoms with Crippen LogP contribution in [-0.2, 0) is 0 Å². The predicted molar refractivity (Wildman–Crippen MR) is 94.2 cm³/mol. The summed E-state index contributed by atoms with van der Waals surface area (Å²) >= 11 is 0. The highest BCUT2D eigenvalue weighted by Gasteiger charge is 2.19. The van der Waals surface area contributed by atoms with Gasteiger partial charge in [-0.3, -0.25) is 9.78 Å². The van der Waals surface area contributed by atoms with Crippen molar-refractivity contribution in [2.24, 2.45) is 0 Å². The molecule has 0 spiro atoms. The molecule has 6 nitrogen and oxygen atoms in total. The summed E-state index contributed by atoms with van der Waals surface area (Å²) in [6.45, 7) is 8.23. The van der Waals surface area contributed by atoms with Gasteiger partial charge >= 0.3 is 0 Å². The fourth-order valence-corrected chi connectivity index (χ4v) is 2.53. The van der Waals surface area contributed by atoms with E-state index in [2.05, 4.69) is 29.2 Å². The van der Waals surface area contributed by atoms with Gasteiger partial charge in [0.05, 0.1) is 17.1 Å². The fourth-order valence-electron chi connectivity index (χ4n) is 2.53. The largest absolute Gasteiger partial charge is 0.322 e. The summed E-state index contributed by atoms with van der Waals surface area (Å²) in [5.74, 6) is 0.0520. The molecule has 0 aliphatic carbocycles. The summed E-state index contributed by atoms with van der Waals surface area (Å²) in [5, 5.41) is 8.08. The van der Waals surface area contributed by atoms with E-state index < -0.39 is 0 Å². The van der Waals surface area contributed by atoms with Gasteiger partial charge in [0.15, 0.2) is 5.65 Å². The first-order chi connectivity index (χ1) is 11.5. The summed E-state index contributed by atoms with van der Waals surface area (Å²) in [6.07, 6.45) is 5.01. The molecule has 0 saturated heterocycles. The SMILES string of the molecule is CC(C)c1cc(C(=O)Nc2ccncc2)c2cnn(C(C)C)c2n1. The molecule has 3 heterocycles. The van der Waals surface area contributed by atoms with Gasteiger partial charge in [-0.25, -0.2) is 9.67 Å². The number of pyridine rings is 2. The van der Waals surface area contributed by atoms with Gasteiger partial charge in [0.25, 0.3) is 5.91 Å². The molecular formula is C18H21N5O. The van der Waals surface area contributed by atoms with Crippen LogP contribution >= 0.6 is 0 Å². The predicted octanol–water partition coefficient (Wildman–Crippen LogP) is 3.78. The van der Waals surface area contributed by atoms with E-state index in [1.165, 1.54) is 0 Å². The molecule has 0 bridgehead atoms. The lowest BCUT2D eigenvalue weighted by atomic mass is 10.0. The van der Waals surface area contributed by atoms with Crippen molar-refractivity contribution in [2.75, 3.05) is 5.32 Å². The highest BCUT2D eigenvalue weighted by atomic mass is 16.1. The zero-order valence-corrected chi connectivity index (χ0v) is 14.3. The molecule has 0 atom stereocenters. The van der Waals surface area contributed by atoms with Crippen molar-refractivity contribution in [3.63, 3.8) is 0 Å². The molecule has 0 aliphatic heterocycles. The molecule has 0 aliphatic rings. The number of hydrogen-bond donors (Lipinski definition) is 1. The van der Waals surface area contributed by atoms with Crippen molar-refractivity contribution in [3.8, 4) is 0 Å². The number of aromatic nitrogens is 4. The molecule has 0 fully saturated rings. The standard InChI is InChI=1S/C18H21N5O/c1-11(2)16-9-14(18(24)21-13-5-7-19-8-6-13)15-10-20-23(12(3)4)17(15)22-16/h5-12H,1-4H3,(H,19,21,24). The van der Waals surface area contributed by atoms with Gasteiger partial charge in [0.1, 0.15) is 0 Å². The van der Waals surface area contributed by atoms with Crippen LogP contribution in [0.2, 0.25) is 0 Å². The molecule has 1 amide bonds. The zero-order valence-electron chi connectivity index (χ0n) is 14.3. The van der Waals surface area contributed by atoms with Gasteiger partial charge in [-0.1, -0.05) is 13.8 Å². The maximum absolute atomic E-state index is 12.8. The molecule has 0 radical (unpaired) electrons. The summed E-state index contributed by atoms with van der Waals surface area (Å²) in [7, 11) is 0. The lowest BCUT2D eigenvalue weighted by molar-refractivity contribution is 0.102. The number of hydrogen-bond acceptors (Lipinski definition) is 4. The number of amides is 1. The molecule has 3 aromatic heterocycles. The normalized spacial score (nSPS) is 11.4.